The molecule has 1 amide bonds. The summed E-state index contributed by atoms with van der Waals surface area (Å²) in [5, 5.41) is 9.75. The predicted octanol–water partition coefficient (Wildman–Crippen LogP) is 1.89. The molecule has 0 spiro atoms. The van der Waals surface area contributed by atoms with Crippen LogP contribution in [0.2, 0.25) is 0 Å². The van der Waals surface area contributed by atoms with Gasteiger partial charge in [0.1, 0.15) is 0 Å². The maximum Gasteiger partial charge on any atom is 0.263 e. The smallest absolute Gasteiger partial charge is 0.263 e. The van der Waals surface area contributed by atoms with Crippen LogP contribution in [0.3, 0.4) is 0 Å². The fourth-order valence-electron chi connectivity index (χ4n) is 4.01. The lowest BCUT2D eigenvalue weighted by Crippen LogP contribution is -2.33. The molecule has 0 aromatic carbocycles. The lowest BCUT2D eigenvalue weighted by atomic mass is 9.96. The second-order valence-electron chi connectivity index (χ2n) is 7.43. The minimum Gasteiger partial charge on any atom is -0.396 e. The number of methoxy groups -OCH3 is 1. The fraction of sp³-hybridized carbons (Fsp3) is 0.737. The number of likely N-dealkylation sites (N-methyl/N-ethyl adjacent to an activating group) is 1. The average molecular weight is 367 g/mol. The number of fused-ring (bicyclic) bond motifs is 1. The first kappa shape index (κ1) is 18.8. The number of carbonyl (C=O) groups excluding carboxylic acids is 1. The van der Waals surface area contributed by atoms with E-state index in [9.17, 15) is 9.90 Å². The van der Waals surface area contributed by atoms with Crippen molar-refractivity contribution < 1.29 is 14.6 Å². The van der Waals surface area contributed by atoms with Crippen molar-refractivity contribution in [3.8, 4) is 0 Å². The molecule has 2 aliphatic rings. The number of amides is 1. The number of aliphatic hydroxyl groups is 1. The highest BCUT2D eigenvalue weighted by molar-refractivity contribution is 7.14. The van der Waals surface area contributed by atoms with Gasteiger partial charge in [-0.25, -0.2) is 0 Å². The molecule has 1 aromatic rings. The van der Waals surface area contributed by atoms with Crippen LogP contribution in [0, 0.1) is 11.8 Å². The molecule has 0 saturated carbocycles. The number of nitrogens with zero attached hydrogens (tertiary/aromatic N) is 2. The van der Waals surface area contributed by atoms with Gasteiger partial charge >= 0.3 is 0 Å². The summed E-state index contributed by atoms with van der Waals surface area (Å²) >= 11 is 1.68. The Bertz CT molecular complexity index is 566. The van der Waals surface area contributed by atoms with Crippen LogP contribution in [-0.4, -0.2) is 74.4 Å². The summed E-state index contributed by atoms with van der Waals surface area (Å²) in [6.45, 7) is 4.02. The van der Waals surface area contributed by atoms with E-state index in [1.165, 1.54) is 23.3 Å². The second-order valence-corrected chi connectivity index (χ2v) is 8.57. The third-order valence-corrected chi connectivity index (χ3v) is 6.75. The maximum absolute atomic E-state index is 13.0. The van der Waals surface area contributed by atoms with E-state index in [2.05, 4.69) is 18.0 Å². The molecule has 2 unspecified atom stereocenters. The minimum atomic E-state index is 0.146. The van der Waals surface area contributed by atoms with E-state index in [4.69, 9.17) is 4.74 Å². The Hall–Kier alpha value is -0.950. The van der Waals surface area contributed by atoms with Gasteiger partial charge in [0.25, 0.3) is 5.91 Å². The molecule has 1 N–H and O–H groups in total. The van der Waals surface area contributed by atoms with Gasteiger partial charge in [-0.3, -0.25) is 4.79 Å². The van der Waals surface area contributed by atoms with Crippen molar-refractivity contribution >= 4 is 17.2 Å². The van der Waals surface area contributed by atoms with Gasteiger partial charge in [-0.15, -0.1) is 11.3 Å². The second kappa shape index (κ2) is 8.62. The van der Waals surface area contributed by atoms with E-state index < -0.39 is 0 Å². The molecule has 1 aliphatic carbocycles. The highest BCUT2D eigenvalue weighted by Gasteiger charge is 2.36. The summed E-state index contributed by atoms with van der Waals surface area (Å²) in [4.78, 5) is 19.4. The fourth-order valence-corrected chi connectivity index (χ4v) is 5.23. The molecule has 5 nitrogen and oxygen atoms in total. The molecule has 2 heterocycles. The van der Waals surface area contributed by atoms with Gasteiger partial charge in [-0.05, 0) is 50.3 Å². The number of aliphatic hydroxyl groups excluding tert-OH is 1. The number of carbonyl (C=O) groups is 1. The van der Waals surface area contributed by atoms with Crippen LogP contribution in [-0.2, 0) is 17.6 Å². The van der Waals surface area contributed by atoms with Crippen LogP contribution in [0.4, 0.5) is 0 Å². The Morgan fingerprint density at radius 3 is 2.84 bits per heavy atom. The van der Waals surface area contributed by atoms with E-state index in [0.29, 0.717) is 19.1 Å². The van der Waals surface area contributed by atoms with Gasteiger partial charge in [-0.2, -0.15) is 0 Å². The monoisotopic (exact) mass is 366 g/mol. The van der Waals surface area contributed by atoms with Gasteiger partial charge in [0.2, 0.25) is 0 Å². The van der Waals surface area contributed by atoms with Crippen LogP contribution in [0.25, 0.3) is 0 Å². The molecule has 1 saturated heterocycles. The third kappa shape index (κ3) is 4.42. The van der Waals surface area contributed by atoms with Crippen molar-refractivity contribution in [3.63, 3.8) is 0 Å². The van der Waals surface area contributed by atoms with Crippen LogP contribution in [0.1, 0.15) is 33.0 Å². The zero-order valence-electron chi connectivity index (χ0n) is 15.4. The van der Waals surface area contributed by atoms with E-state index in [-0.39, 0.29) is 18.4 Å². The van der Waals surface area contributed by atoms with Gasteiger partial charge in [0.15, 0.2) is 0 Å². The minimum absolute atomic E-state index is 0.146. The number of hydrogen-bond acceptors (Lipinski definition) is 5. The molecule has 140 valence electrons. The summed E-state index contributed by atoms with van der Waals surface area (Å²) in [6.07, 6.45) is 4.72. The average Bonchev–Trinajstić information content (AvgIpc) is 3.23. The molecule has 0 bridgehead atoms. The Kier molecular flexibility index (Phi) is 6.49. The van der Waals surface area contributed by atoms with Crippen LogP contribution in [0.15, 0.2) is 6.07 Å². The number of aryl methyl sites for hydroxylation is 2. The molecule has 0 radical (unpaired) electrons. The van der Waals surface area contributed by atoms with Crippen LogP contribution < -0.4 is 0 Å². The Morgan fingerprint density at radius 2 is 2.12 bits per heavy atom. The SMILES string of the molecule is COCCN(C)CC1CN(C(=O)c2cc3c(s2)CCCC3)CC1CO. The molecular formula is C19H30N2O3S. The summed E-state index contributed by atoms with van der Waals surface area (Å²) in [6, 6.07) is 2.12. The van der Waals surface area contributed by atoms with Crippen molar-refractivity contribution in [2.75, 3.05) is 53.6 Å². The normalized spacial score (nSPS) is 23.3. The lowest BCUT2D eigenvalue weighted by molar-refractivity contribution is 0.0783. The number of thiophene rings is 1. The highest BCUT2D eigenvalue weighted by Crippen LogP contribution is 2.32. The number of hydrogen-bond donors (Lipinski definition) is 1. The topological polar surface area (TPSA) is 53.0 Å². The quantitative estimate of drug-likeness (QED) is 0.801. The zero-order chi connectivity index (χ0) is 17.8. The first-order valence-electron chi connectivity index (χ1n) is 9.31. The number of ether oxygens (including phenoxy) is 1. The standard InChI is InChI=1S/C19H30N2O3S/c1-20(7-8-24-2)10-15-11-21(12-16(15)13-22)19(23)18-9-14-5-3-4-6-17(14)25-18/h9,15-16,22H,3-8,10-13H2,1-2H3. The summed E-state index contributed by atoms with van der Waals surface area (Å²) in [5.74, 6) is 0.647. The van der Waals surface area contributed by atoms with Crippen molar-refractivity contribution in [1.29, 1.82) is 0 Å². The van der Waals surface area contributed by atoms with Crippen LogP contribution in [0.5, 0.6) is 0 Å². The summed E-state index contributed by atoms with van der Waals surface area (Å²) < 4.78 is 5.13. The van der Waals surface area contributed by atoms with E-state index >= 15 is 0 Å². The Balaban J connectivity index is 1.62. The first-order valence-corrected chi connectivity index (χ1v) is 10.1. The van der Waals surface area contributed by atoms with E-state index in [0.717, 1.165) is 37.4 Å². The maximum atomic E-state index is 13.0. The summed E-state index contributed by atoms with van der Waals surface area (Å²) in [7, 11) is 3.78. The van der Waals surface area contributed by atoms with Gasteiger partial charge < -0.3 is 19.6 Å². The van der Waals surface area contributed by atoms with Gasteiger partial charge in [0.05, 0.1) is 11.5 Å². The third-order valence-electron chi connectivity index (χ3n) is 5.53. The highest BCUT2D eigenvalue weighted by atomic mass is 32.1. The van der Waals surface area contributed by atoms with Crippen molar-refractivity contribution in [1.82, 2.24) is 9.80 Å². The van der Waals surface area contributed by atoms with Gasteiger partial charge in [-0.1, -0.05) is 0 Å². The number of likely N-dealkylation sites (tertiary alicyclic amines) is 1. The molecule has 2 atom stereocenters. The van der Waals surface area contributed by atoms with Crippen molar-refractivity contribution in [3.05, 3.63) is 21.4 Å². The Labute approximate surface area is 154 Å². The Morgan fingerprint density at radius 1 is 1.36 bits per heavy atom. The number of rotatable bonds is 7. The predicted molar refractivity (Wildman–Crippen MR) is 100 cm³/mol. The first-order chi connectivity index (χ1) is 12.1. The van der Waals surface area contributed by atoms with E-state index in [1.54, 1.807) is 18.4 Å². The molecule has 25 heavy (non-hydrogen) atoms. The molecule has 3 rings (SSSR count). The molecule has 6 heteroatoms. The van der Waals surface area contributed by atoms with Crippen molar-refractivity contribution in [2.45, 2.75) is 25.7 Å². The van der Waals surface area contributed by atoms with Crippen molar-refractivity contribution in [2.24, 2.45) is 11.8 Å². The van der Waals surface area contributed by atoms with E-state index in [1.807, 2.05) is 4.90 Å². The molecule has 1 aromatic heterocycles. The van der Waals surface area contributed by atoms with Gasteiger partial charge in [0, 0.05) is 50.7 Å². The lowest BCUT2D eigenvalue weighted by Gasteiger charge is -2.23. The largest absolute Gasteiger partial charge is 0.396 e. The summed E-state index contributed by atoms with van der Waals surface area (Å²) in [5.41, 5.74) is 1.38. The molecule has 1 fully saturated rings. The molecule has 1 aliphatic heterocycles. The molecular weight excluding hydrogens is 336 g/mol. The van der Waals surface area contributed by atoms with Crippen LogP contribution >= 0.6 is 11.3 Å². The zero-order valence-corrected chi connectivity index (χ0v) is 16.2.